The Kier molecular flexibility index (Phi) is 4.54. The minimum absolute atomic E-state index is 0.187. The topological polar surface area (TPSA) is 79.4 Å². The van der Waals surface area contributed by atoms with E-state index in [4.69, 9.17) is 0 Å². The molecule has 1 aromatic heterocycles. The molecular formula is C15H19N3O3S. The quantitative estimate of drug-likeness (QED) is 0.831. The number of nitrogens with one attached hydrogen (secondary N) is 1. The molecule has 0 spiro atoms. The van der Waals surface area contributed by atoms with E-state index in [2.05, 4.69) is 10.4 Å². The maximum atomic E-state index is 12.1. The number of nitrogens with zero attached hydrogens (tertiary/aromatic N) is 2. The van der Waals surface area contributed by atoms with E-state index >= 15 is 0 Å². The molecule has 1 N–H and O–H groups in total. The first kappa shape index (κ1) is 15.2. The Bertz CT molecular complexity index is 671. The summed E-state index contributed by atoms with van der Waals surface area (Å²) in [5, 5.41) is 1.91. The molecule has 1 amide bonds. The van der Waals surface area contributed by atoms with Crippen molar-refractivity contribution in [2.45, 2.75) is 31.6 Å². The first-order chi connectivity index (χ1) is 10.6. The Morgan fingerprint density at radius 1 is 1.18 bits per heavy atom. The number of carbonyl (C=O) groups is 1. The van der Waals surface area contributed by atoms with E-state index < -0.39 is 16.2 Å². The van der Waals surface area contributed by atoms with Crippen molar-refractivity contribution in [3.05, 3.63) is 30.1 Å². The van der Waals surface area contributed by atoms with E-state index in [0.29, 0.717) is 23.6 Å². The lowest BCUT2D eigenvalue weighted by Crippen LogP contribution is -2.51. The number of piperidine rings is 1. The minimum Gasteiger partial charge on any atom is -0.288 e. The number of rotatable bonds is 3. The summed E-state index contributed by atoms with van der Waals surface area (Å²) >= 11 is 0. The van der Waals surface area contributed by atoms with Gasteiger partial charge in [-0.1, -0.05) is 0 Å². The van der Waals surface area contributed by atoms with Gasteiger partial charge in [-0.15, -0.1) is 0 Å². The lowest BCUT2D eigenvalue weighted by Gasteiger charge is -2.34. The zero-order chi connectivity index (χ0) is 15.5. The van der Waals surface area contributed by atoms with Crippen molar-refractivity contribution < 1.29 is 13.2 Å². The van der Waals surface area contributed by atoms with Gasteiger partial charge >= 0.3 is 0 Å². The van der Waals surface area contributed by atoms with Crippen LogP contribution in [-0.4, -0.2) is 42.3 Å². The highest BCUT2D eigenvalue weighted by atomic mass is 32.2. The van der Waals surface area contributed by atoms with Crippen molar-refractivity contribution in [3.8, 4) is 0 Å². The summed E-state index contributed by atoms with van der Waals surface area (Å²) in [6.45, 7) is 1.56. The fourth-order valence-corrected chi connectivity index (χ4v) is 3.82. The van der Waals surface area contributed by atoms with Crippen LogP contribution in [0.1, 0.15) is 37.2 Å². The highest BCUT2D eigenvalue weighted by molar-refractivity contribution is 7.73. The van der Waals surface area contributed by atoms with Gasteiger partial charge in [0.05, 0.1) is 10.8 Å². The Morgan fingerprint density at radius 3 is 2.41 bits per heavy atom. The van der Waals surface area contributed by atoms with Gasteiger partial charge in [-0.25, -0.2) is 5.01 Å². The van der Waals surface area contributed by atoms with E-state index in [9.17, 15) is 13.2 Å². The highest BCUT2D eigenvalue weighted by Gasteiger charge is 2.35. The molecule has 1 unspecified atom stereocenters. The summed E-state index contributed by atoms with van der Waals surface area (Å²) in [6.07, 6.45) is 6.69. The molecule has 7 heteroatoms. The second-order valence-electron chi connectivity index (χ2n) is 5.81. The third kappa shape index (κ3) is 3.20. The van der Waals surface area contributed by atoms with Crippen LogP contribution >= 0.6 is 0 Å². The Morgan fingerprint density at radius 2 is 1.86 bits per heavy atom. The average Bonchev–Trinajstić information content (AvgIpc) is 2.47. The van der Waals surface area contributed by atoms with Crippen LogP contribution in [0.25, 0.3) is 0 Å². The fourth-order valence-electron chi connectivity index (χ4n) is 3.08. The Labute approximate surface area is 131 Å². The third-order valence-electron chi connectivity index (χ3n) is 4.54. The summed E-state index contributed by atoms with van der Waals surface area (Å²) in [4.78, 5) is 16.5. The van der Waals surface area contributed by atoms with Gasteiger partial charge in [0, 0.05) is 25.5 Å². The van der Waals surface area contributed by atoms with Crippen LogP contribution in [0, 0.1) is 5.92 Å². The lowest BCUT2D eigenvalue weighted by molar-refractivity contribution is -0.129. The molecule has 0 bridgehead atoms. The van der Waals surface area contributed by atoms with Gasteiger partial charge in [-0.05, 0) is 49.3 Å². The van der Waals surface area contributed by atoms with E-state index in [0.717, 1.165) is 25.9 Å². The Hall–Kier alpha value is -1.73. The summed E-state index contributed by atoms with van der Waals surface area (Å²) in [5.41, 5.74) is 4.15. The molecule has 0 aromatic carbocycles. The van der Waals surface area contributed by atoms with E-state index in [1.54, 1.807) is 12.4 Å². The van der Waals surface area contributed by atoms with Crippen LogP contribution in [0.15, 0.2) is 24.5 Å². The SMILES string of the molecule is O=C(NN1CCC(c2ccncc2)CC1)C1CCC1=S(=O)=O. The molecule has 1 aliphatic heterocycles. The lowest BCUT2D eigenvalue weighted by atomic mass is 9.84. The normalized spacial score (nSPS) is 22.9. The summed E-state index contributed by atoms with van der Waals surface area (Å²) in [6, 6.07) is 4.08. The molecule has 1 aliphatic carbocycles. The van der Waals surface area contributed by atoms with E-state index in [-0.39, 0.29) is 5.91 Å². The van der Waals surface area contributed by atoms with Crippen molar-refractivity contribution >= 4 is 21.1 Å². The zero-order valence-corrected chi connectivity index (χ0v) is 13.1. The van der Waals surface area contributed by atoms with Crippen LogP contribution in [0.4, 0.5) is 0 Å². The molecule has 1 aromatic rings. The maximum Gasteiger partial charge on any atom is 0.242 e. The molecule has 0 radical (unpaired) electrons. The third-order valence-corrected chi connectivity index (χ3v) is 5.46. The predicted octanol–water partition coefficient (Wildman–Crippen LogP) is 0.754. The molecule has 2 fully saturated rings. The molecule has 1 saturated heterocycles. The smallest absolute Gasteiger partial charge is 0.242 e. The number of hydrogen-bond acceptors (Lipinski definition) is 5. The van der Waals surface area contributed by atoms with Crippen LogP contribution < -0.4 is 5.43 Å². The molecule has 1 saturated carbocycles. The van der Waals surface area contributed by atoms with Gasteiger partial charge in [-0.3, -0.25) is 15.2 Å². The van der Waals surface area contributed by atoms with Crippen LogP contribution in [0.2, 0.25) is 0 Å². The van der Waals surface area contributed by atoms with Crippen molar-refractivity contribution in [2.75, 3.05) is 13.1 Å². The summed E-state index contributed by atoms with van der Waals surface area (Å²) in [5.74, 6) is -0.153. The summed E-state index contributed by atoms with van der Waals surface area (Å²) in [7, 11) is -2.23. The highest BCUT2D eigenvalue weighted by Crippen LogP contribution is 2.27. The molecule has 118 valence electrons. The fraction of sp³-hybridized carbons (Fsp3) is 0.533. The number of hydrogen-bond donors (Lipinski definition) is 1. The molecule has 2 heterocycles. The second kappa shape index (κ2) is 6.58. The van der Waals surface area contributed by atoms with Gasteiger partial charge < -0.3 is 0 Å². The minimum atomic E-state index is -2.23. The molecule has 3 rings (SSSR count). The van der Waals surface area contributed by atoms with Gasteiger partial charge in [0.2, 0.25) is 16.2 Å². The number of aromatic nitrogens is 1. The molecular weight excluding hydrogens is 302 g/mol. The first-order valence-corrected chi connectivity index (χ1v) is 8.63. The van der Waals surface area contributed by atoms with Crippen molar-refractivity contribution in [1.82, 2.24) is 15.4 Å². The number of carbonyl (C=O) groups excluding carboxylic acids is 1. The van der Waals surface area contributed by atoms with Crippen molar-refractivity contribution in [3.63, 3.8) is 0 Å². The van der Waals surface area contributed by atoms with Crippen LogP contribution in [0.5, 0.6) is 0 Å². The maximum absolute atomic E-state index is 12.1. The van der Waals surface area contributed by atoms with Gasteiger partial charge in [0.25, 0.3) is 0 Å². The van der Waals surface area contributed by atoms with E-state index in [1.807, 2.05) is 17.1 Å². The van der Waals surface area contributed by atoms with Crippen LogP contribution in [-0.2, 0) is 15.1 Å². The predicted molar refractivity (Wildman–Crippen MR) is 82.6 cm³/mol. The molecule has 1 atom stereocenters. The number of amides is 1. The monoisotopic (exact) mass is 321 g/mol. The van der Waals surface area contributed by atoms with Crippen molar-refractivity contribution in [2.24, 2.45) is 5.92 Å². The van der Waals surface area contributed by atoms with Crippen LogP contribution in [0.3, 0.4) is 0 Å². The van der Waals surface area contributed by atoms with Gasteiger partial charge in [-0.2, -0.15) is 8.42 Å². The van der Waals surface area contributed by atoms with E-state index in [1.165, 1.54) is 5.56 Å². The standard InChI is InChI=1S/C15H19N3O3S/c19-15(13-1-2-14(13)22(20)21)17-18-9-5-12(6-10-18)11-3-7-16-8-4-11/h3-4,7-8,12-13H,1-2,5-6,9-10H2,(H,17,19). The molecule has 22 heavy (non-hydrogen) atoms. The zero-order valence-electron chi connectivity index (χ0n) is 12.2. The number of hydrazine groups is 1. The average molecular weight is 321 g/mol. The summed E-state index contributed by atoms with van der Waals surface area (Å²) < 4.78 is 21.9. The van der Waals surface area contributed by atoms with Gasteiger partial charge in [0.1, 0.15) is 0 Å². The van der Waals surface area contributed by atoms with Gasteiger partial charge in [0.15, 0.2) is 0 Å². The Balaban J connectivity index is 1.52. The largest absolute Gasteiger partial charge is 0.288 e. The second-order valence-corrected chi connectivity index (χ2v) is 6.80. The molecule has 6 nitrogen and oxygen atoms in total. The molecule has 2 aliphatic rings. The van der Waals surface area contributed by atoms with Crippen molar-refractivity contribution in [1.29, 1.82) is 0 Å². The first-order valence-electron chi connectivity index (χ1n) is 7.55. The number of pyridine rings is 1.